The Labute approximate surface area is 225 Å². The molecule has 0 saturated heterocycles. The summed E-state index contributed by atoms with van der Waals surface area (Å²) in [5, 5.41) is 67.8. The summed E-state index contributed by atoms with van der Waals surface area (Å²) in [4.78, 5) is 57.9. The average molecular weight is 542 g/mol. The van der Waals surface area contributed by atoms with Crippen LogP contribution >= 0.6 is 0 Å². The van der Waals surface area contributed by atoms with Crippen LogP contribution in [0.15, 0.2) is 35.4 Å². The van der Waals surface area contributed by atoms with Crippen LogP contribution in [0.3, 0.4) is 0 Å². The molecule has 10 heteroatoms. The number of rotatable bonds is 0. The van der Waals surface area contributed by atoms with Gasteiger partial charge in [-0.3, -0.25) is 19.2 Å². The van der Waals surface area contributed by atoms with Crippen molar-refractivity contribution in [2.24, 2.45) is 34.5 Å². The fourth-order valence-electron chi connectivity index (χ4n) is 9.51. The Kier molecular flexibility index (Phi) is 3.86. The largest absolute Gasteiger partial charge is 0.507 e. The molecule has 2 aromatic rings. The minimum atomic E-state index is -2.25. The Hall–Kier alpha value is -4.28. The smallest absolute Gasteiger partial charge is 0.175 e. The zero-order valence-corrected chi connectivity index (χ0v) is 21.1. The van der Waals surface area contributed by atoms with Gasteiger partial charge in [-0.05, 0) is 49.2 Å². The minimum absolute atomic E-state index is 0.185. The SMILES string of the molecule is Cc1cc(O)c2c(c1)C(=O)[C@@]13C(=C2O)C(=O)[C@H]2[C@@H](O)[C@@H]1[C@H]1[C@H](O)[C@@H]3C(=O)C3=C(O)c4c(O)cc(C)cc4C(=O)[C@@]312. The van der Waals surface area contributed by atoms with E-state index < -0.39 is 104 Å². The zero-order valence-electron chi connectivity index (χ0n) is 21.1. The summed E-state index contributed by atoms with van der Waals surface area (Å²) in [5.74, 6) is -12.2. The molecule has 2 spiro atoms. The predicted molar refractivity (Wildman–Crippen MR) is 134 cm³/mol. The van der Waals surface area contributed by atoms with E-state index in [0.717, 1.165) is 0 Å². The monoisotopic (exact) mass is 542 g/mol. The summed E-state index contributed by atoms with van der Waals surface area (Å²) in [7, 11) is 0. The number of aliphatic hydroxyl groups excluding tert-OH is 4. The van der Waals surface area contributed by atoms with Crippen molar-refractivity contribution in [3.05, 3.63) is 68.8 Å². The van der Waals surface area contributed by atoms with Gasteiger partial charge in [0, 0.05) is 23.0 Å². The predicted octanol–water partition coefficient (Wildman–Crippen LogP) is 1.70. The van der Waals surface area contributed by atoms with Crippen LogP contribution in [0, 0.1) is 48.3 Å². The highest BCUT2D eigenvalue weighted by Crippen LogP contribution is 2.80. The molecule has 0 heterocycles. The number of phenolic OH excluding ortho intramolecular Hbond substituents is 2. The fraction of sp³-hybridized carbons (Fsp3) is 0.333. The molecule has 0 amide bonds. The normalized spacial score (nSPS) is 38.1. The van der Waals surface area contributed by atoms with Crippen molar-refractivity contribution in [2.75, 3.05) is 0 Å². The Morgan fingerprint density at radius 1 is 0.600 bits per heavy atom. The number of fused-ring (bicyclic) bond motifs is 4. The molecule has 4 bridgehead atoms. The van der Waals surface area contributed by atoms with Gasteiger partial charge in [0.25, 0.3) is 0 Å². The highest BCUT2D eigenvalue weighted by atomic mass is 16.3. The molecule has 6 aliphatic carbocycles. The summed E-state index contributed by atoms with van der Waals surface area (Å²) in [6.07, 6.45) is -3.37. The number of aryl methyl sites for hydroxylation is 2. The van der Waals surface area contributed by atoms with Crippen LogP contribution in [0.4, 0.5) is 0 Å². The molecular formula is C30H22O10. The number of Topliss-reactive ketones (excluding diaryl/α,β-unsaturated/α-hetero) is 4. The van der Waals surface area contributed by atoms with Crippen LogP contribution in [0.25, 0.3) is 11.5 Å². The van der Waals surface area contributed by atoms with Gasteiger partial charge in [-0.25, -0.2) is 0 Å². The summed E-state index contributed by atoms with van der Waals surface area (Å²) >= 11 is 0. The molecule has 0 radical (unpaired) electrons. The second-order valence-electron chi connectivity index (χ2n) is 12.0. The number of carbonyl (C=O) groups is 4. The molecule has 0 unspecified atom stereocenters. The number of hydrogen-bond acceptors (Lipinski definition) is 10. The van der Waals surface area contributed by atoms with Crippen LogP contribution in [0.5, 0.6) is 11.5 Å². The number of phenols is 2. The fourth-order valence-corrected chi connectivity index (χ4v) is 9.51. The standard InChI is InChI=1S/C30H22O10/c1-7-3-9-13(11(31)5-7)21(33)17-25(37)20-23(35)15-16-24(36)19(29(15,17)27(9)39)26(38)18-22(34)14-10(28(40)30(16,18)20)4-8(2)6-12(14)32/h3-6,15-16,19-20,23-24,31-36H,1-2H3/t15-,16-,19+,20+,23-,24-,29+,30+/m0/s1. The first-order valence-corrected chi connectivity index (χ1v) is 12.9. The van der Waals surface area contributed by atoms with Crippen molar-refractivity contribution in [3.8, 4) is 11.5 Å². The molecule has 4 saturated carbocycles. The van der Waals surface area contributed by atoms with Crippen LogP contribution < -0.4 is 0 Å². The number of ketones is 4. The van der Waals surface area contributed by atoms with E-state index in [1.165, 1.54) is 24.3 Å². The van der Waals surface area contributed by atoms with Crippen LogP contribution in [0.1, 0.15) is 43.0 Å². The lowest BCUT2D eigenvalue weighted by atomic mass is 9.46. The molecule has 40 heavy (non-hydrogen) atoms. The van der Waals surface area contributed by atoms with Crippen molar-refractivity contribution in [2.45, 2.75) is 26.1 Å². The summed E-state index contributed by atoms with van der Waals surface area (Å²) in [5.41, 5.74) is -5.58. The van der Waals surface area contributed by atoms with Crippen molar-refractivity contribution >= 4 is 34.7 Å². The minimum Gasteiger partial charge on any atom is -0.507 e. The molecule has 2 aromatic carbocycles. The van der Waals surface area contributed by atoms with Crippen molar-refractivity contribution in [3.63, 3.8) is 0 Å². The quantitative estimate of drug-likeness (QED) is 0.286. The third kappa shape index (κ3) is 1.96. The molecule has 10 nitrogen and oxygen atoms in total. The number of benzene rings is 2. The van der Waals surface area contributed by atoms with Gasteiger partial charge in [0.2, 0.25) is 0 Å². The van der Waals surface area contributed by atoms with E-state index in [9.17, 15) is 49.8 Å². The highest BCUT2D eigenvalue weighted by Gasteiger charge is 2.89. The molecule has 8 atom stereocenters. The molecule has 0 aliphatic heterocycles. The lowest BCUT2D eigenvalue weighted by Gasteiger charge is -2.53. The van der Waals surface area contributed by atoms with Gasteiger partial charge in [-0.15, -0.1) is 0 Å². The van der Waals surface area contributed by atoms with Gasteiger partial charge in [-0.1, -0.05) is 0 Å². The topological polar surface area (TPSA) is 190 Å². The van der Waals surface area contributed by atoms with Crippen molar-refractivity contribution < 1.29 is 49.8 Å². The van der Waals surface area contributed by atoms with Crippen LogP contribution in [-0.2, 0) is 9.59 Å². The average Bonchev–Trinajstić information content (AvgIpc) is 3.22. The Bertz CT molecular complexity index is 1680. The first-order chi connectivity index (χ1) is 18.8. The first-order valence-electron chi connectivity index (χ1n) is 12.9. The Balaban J connectivity index is 1.55. The van der Waals surface area contributed by atoms with Crippen molar-refractivity contribution in [1.82, 2.24) is 0 Å². The zero-order chi connectivity index (χ0) is 28.5. The van der Waals surface area contributed by atoms with Gasteiger partial charge < -0.3 is 30.6 Å². The summed E-state index contributed by atoms with van der Waals surface area (Å²) in [6.45, 7) is 3.19. The van der Waals surface area contributed by atoms with E-state index in [1.807, 2.05) is 0 Å². The van der Waals surface area contributed by atoms with E-state index in [1.54, 1.807) is 13.8 Å². The van der Waals surface area contributed by atoms with E-state index >= 15 is 0 Å². The Morgan fingerprint density at radius 3 is 1.30 bits per heavy atom. The third-order valence-corrected chi connectivity index (χ3v) is 10.4. The van der Waals surface area contributed by atoms with Crippen LogP contribution in [0.2, 0.25) is 0 Å². The number of carbonyl (C=O) groups excluding carboxylic acids is 4. The third-order valence-electron chi connectivity index (χ3n) is 10.4. The maximum Gasteiger partial charge on any atom is 0.175 e. The first kappa shape index (κ1) is 23.6. The number of allylic oxidation sites excluding steroid dienone is 2. The number of hydrogen-bond donors (Lipinski definition) is 6. The Morgan fingerprint density at radius 2 is 0.950 bits per heavy atom. The molecule has 0 aromatic heterocycles. The molecule has 6 N–H and O–H groups in total. The van der Waals surface area contributed by atoms with Crippen LogP contribution in [-0.4, -0.2) is 66.0 Å². The molecule has 6 aliphatic rings. The molecule has 4 fully saturated rings. The van der Waals surface area contributed by atoms with Gasteiger partial charge in [0.05, 0.1) is 57.1 Å². The van der Waals surface area contributed by atoms with Crippen molar-refractivity contribution in [1.29, 1.82) is 0 Å². The number of aromatic hydroxyl groups is 2. The molecular weight excluding hydrogens is 520 g/mol. The summed E-state index contributed by atoms with van der Waals surface area (Å²) < 4.78 is 0. The maximum atomic E-state index is 14.5. The van der Waals surface area contributed by atoms with E-state index in [4.69, 9.17) is 0 Å². The van der Waals surface area contributed by atoms with E-state index in [-0.39, 0.29) is 22.3 Å². The lowest BCUT2D eigenvalue weighted by molar-refractivity contribution is -0.142. The van der Waals surface area contributed by atoms with Gasteiger partial charge in [-0.2, -0.15) is 0 Å². The van der Waals surface area contributed by atoms with Gasteiger partial charge in [0.1, 0.15) is 23.0 Å². The lowest BCUT2D eigenvalue weighted by Crippen LogP contribution is -2.65. The number of aliphatic hydroxyl groups is 4. The molecule has 202 valence electrons. The highest BCUT2D eigenvalue weighted by molar-refractivity contribution is 6.30. The van der Waals surface area contributed by atoms with E-state index in [0.29, 0.717) is 11.1 Å². The van der Waals surface area contributed by atoms with Gasteiger partial charge >= 0.3 is 0 Å². The maximum absolute atomic E-state index is 14.5. The molecule has 8 rings (SSSR count). The second-order valence-corrected chi connectivity index (χ2v) is 12.0. The van der Waals surface area contributed by atoms with Gasteiger partial charge in [0.15, 0.2) is 23.1 Å². The second kappa shape index (κ2) is 6.54. The van der Waals surface area contributed by atoms with E-state index in [2.05, 4.69) is 0 Å². The summed E-state index contributed by atoms with van der Waals surface area (Å²) in [6, 6.07) is 5.37.